The number of methoxy groups -OCH3 is 2. The molecule has 0 atom stereocenters. The first-order valence-corrected chi connectivity index (χ1v) is 7.61. The lowest BCUT2D eigenvalue weighted by Gasteiger charge is -2.12. The lowest BCUT2D eigenvalue weighted by molar-refractivity contribution is -0.114. The molecule has 1 amide bonds. The highest BCUT2D eigenvalue weighted by atomic mass is 35.5. The summed E-state index contributed by atoms with van der Waals surface area (Å²) in [6.07, 6.45) is 1.47. The molecule has 10 heteroatoms. The lowest BCUT2D eigenvalue weighted by atomic mass is 10.2. The second-order valence-electron chi connectivity index (χ2n) is 4.91. The molecule has 130 valence electrons. The van der Waals surface area contributed by atoms with E-state index in [1.807, 2.05) is 0 Å². The van der Waals surface area contributed by atoms with Gasteiger partial charge in [0, 0.05) is 6.07 Å². The van der Waals surface area contributed by atoms with Crippen LogP contribution in [0.5, 0.6) is 11.5 Å². The van der Waals surface area contributed by atoms with E-state index in [0.717, 1.165) is 0 Å². The quantitative estimate of drug-likeness (QED) is 0.575. The zero-order valence-corrected chi connectivity index (χ0v) is 14.2. The summed E-state index contributed by atoms with van der Waals surface area (Å²) in [5.74, 6) is 1.22. The maximum absolute atomic E-state index is 12.2. The van der Waals surface area contributed by atoms with Crippen LogP contribution in [0.2, 0.25) is 5.28 Å². The number of H-pyrrole nitrogens is 1. The standard InChI is InChI=1S/C15H15ClN6O3/c1-24-8-3-4-10(25-2)9(5-8)20-11(23)6-17-13-12-14(19-7-18-12)22-15(16)21-13/h3-5,7H,6H2,1-2H3,(H,20,23)(H2,17,18,19,21,22). The number of aromatic amines is 1. The number of anilines is 2. The molecule has 0 aliphatic heterocycles. The molecule has 0 bridgehead atoms. The number of amides is 1. The number of fused-ring (bicyclic) bond motifs is 1. The number of nitrogens with one attached hydrogen (secondary N) is 3. The van der Waals surface area contributed by atoms with Gasteiger partial charge < -0.3 is 25.1 Å². The van der Waals surface area contributed by atoms with Gasteiger partial charge in [0.1, 0.15) is 17.0 Å². The summed E-state index contributed by atoms with van der Waals surface area (Å²) in [5.41, 5.74) is 1.48. The van der Waals surface area contributed by atoms with Crippen molar-refractivity contribution in [3.05, 3.63) is 29.8 Å². The summed E-state index contributed by atoms with van der Waals surface area (Å²) < 4.78 is 10.4. The van der Waals surface area contributed by atoms with Gasteiger partial charge in [0.05, 0.1) is 32.8 Å². The SMILES string of the molecule is COc1ccc(OC)c(NC(=O)CNc2nc(Cl)nc3nc[nH]c23)c1. The van der Waals surface area contributed by atoms with Crippen molar-refractivity contribution in [3.63, 3.8) is 0 Å². The second-order valence-corrected chi connectivity index (χ2v) is 5.25. The highest BCUT2D eigenvalue weighted by Crippen LogP contribution is 2.28. The third-order valence-electron chi connectivity index (χ3n) is 3.36. The Bertz CT molecular complexity index is 913. The molecule has 3 aromatic rings. The van der Waals surface area contributed by atoms with Crippen LogP contribution < -0.4 is 20.1 Å². The molecule has 0 saturated carbocycles. The van der Waals surface area contributed by atoms with Crippen LogP contribution in [0.1, 0.15) is 0 Å². The van der Waals surface area contributed by atoms with E-state index >= 15 is 0 Å². The number of benzene rings is 1. The third kappa shape index (κ3) is 3.72. The Labute approximate surface area is 147 Å². The molecule has 3 N–H and O–H groups in total. The van der Waals surface area contributed by atoms with Gasteiger partial charge in [-0.2, -0.15) is 9.97 Å². The zero-order chi connectivity index (χ0) is 17.8. The first kappa shape index (κ1) is 16.8. The molecular weight excluding hydrogens is 348 g/mol. The molecular formula is C15H15ClN6O3. The average molecular weight is 363 g/mol. The van der Waals surface area contributed by atoms with Gasteiger partial charge >= 0.3 is 0 Å². The Balaban J connectivity index is 1.72. The molecule has 1 aromatic carbocycles. The number of hydrogen-bond donors (Lipinski definition) is 3. The zero-order valence-electron chi connectivity index (χ0n) is 13.5. The minimum atomic E-state index is -0.297. The number of imidazole rings is 1. The summed E-state index contributed by atoms with van der Waals surface area (Å²) in [7, 11) is 3.07. The molecule has 0 unspecified atom stereocenters. The molecule has 25 heavy (non-hydrogen) atoms. The number of carbonyl (C=O) groups is 1. The molecule has 9 nitrogen and oxygen atoms in total. The Morgan fingerprint density at radius 3 is 2.88 bits per heavy atom. The van der Waals surface area contributed by atoms with Crippen molar-refractivity contribution in [2.24, 2.45) is 0 Å². The fourth-order valence-electron chi connectivity index (χ4n) is 2.20. The molecule has 2 aromatic heterocycles. The van der Waals surface area contributed by atoms with Gasteiger partial charge in [-0.3, -0.25) is 4.79 Å². The topological polar surface area (TPSA) is 114 Å². The summed E-state index contributed by atoms with van der Waals surface area (Å²) in [5, 5.41) is 5.70. The van der Waals surface area contributed by atoms with Gasteiger partial charge in [-0.15, -0.1) is 0 Å². The maximum Gasteiger partial charge on any atom is 0.243 e. The van der Waals surface area contributed by atoms with Crippen LogP contribution in [0.15, 0.2) is 24.5 Å². The minimum Gasteiger partial charge on any atom is -0.497 e. The second kappa shape index (κ2) is 7.22. The van der Waals surface area contributed by atoms with Gasteiger partial charge in [-0.1, -0.05) is 0 Å². The van der Waals surface area contributed by atoms with Crippen LogP contribution in [0.25, 0.3) is 11.2 Å². The number of carbonyl (C=O) groups excluding carboxylic acids is 1. The number of rotatable bonds is 6. The van der Waals surface area contributed by atoms with E-state index in [9.17, 15) is 4.79 Å². The largest absolute Gasteiger partial charge is 0.497 e. The van der Waals surface area contributed by atoms with Crippen LogP contribution in [0.4, 0.5) is 11.5 Å². The summed E-state index contributed by atoms with van der Waals surface area (Å²) in [6.45, 7) is -0.0399. The molecule has 0 aliphatic rings. The van der Waals surface area contributed by atoms with Crippen molar-refractivity contribution in [1.29, 1.82) is 0 Å². The normalized spacial score (nSPS) is 10.5. The fraction of sp³-hybridized carbons (Fsp3) is 0.200. The highest BCUT2D eigenvalue weighted by Gasteiger charge is 2.12. The third-order valence-corrected chi connectivity index (χ3v) is 3.52. The van der Waals surface area contributed by atoms with Gasteiger partial charge in [-0.05, 0) is 23.7 Å². The van der Waals surface area contributed by atoms with Crippen LogP contribution in [-0.4, -0.2) is 46.6 Å². The molecule has 3 rings (SSSR count). The van der Waals surface area contributed by atoms with E-state index in [4.69, 9.17) is 21.1 Å². The Morgan fingerprint density at radius 1 is 1.28 bits per heavy atom. The predicted octanol–water partition coefficient (Wildman–Crippen LogP) is 2.07. The first-order valence-electron chi connectivity index (χ1n) is 7.23. The van der Waals surface area contributed by atoms with Crippen molar-refractivity contribution >= 4 is 40.2 Å². The molecule has 0 fully saturated rings. The fourth-order valence-corrected chi connectivity index (χ4v) is 2.37. The van der Waals surface area contributed by atoms with Crippen LogP contribution >= 0.6 is 11.6 Å². The smallest absolute Gasteiger partial charge is 0.243 e. The molecule has 0 spiro atoms. The van der Waals surface area contributed by atoms with Gasteiger partial charge in [0.15, 0.2) is 11.5 Å². The Morgan fingerprint density at radius 2 is 2.12 bits per heavy atom. The maximum atomic E-state index is 12.2. The van der Waals surface area contributed by atoms with E-state index < -0.39 is 0 Å². The summed E-state index contributed by atoms with van der Waals surface area (Å²) >= 11 is 5.85. The van der Waals surface area contributed by atoms with Gasteiger partial charge in [0.25, 0.3) is 0 Å². The predicted molar refractivity (Wildman–Crippen MR) is 93.4 cm³/mol. The van der Waals surface area contributed by atoms with E-state index in [-0.39, 0.29) is 17.7 Å². The monoisotopic (exact) mass is 362 g/mol. The summed E-state index contributed by atoms with van der Waals surface area (Å²) in [6, 6.07) is 5.12. The van der Waals surface area contributed by atoms with Crippen molar-refractivity contribution in [1.82, 2.24) is 19.9 Å². The van der Waals surface area contributed by atoms with E-state index in [2.05, 4.69) is 30.6 Å². The van der Waals surface area contributed by atoms with Crippen molar-refractivity contribution in [2.75, 3.05) is 31.4 Å². The summed E-state index contributed by atoms with van der Waals surface area (Å²) in [4.78, 5) is 27.2. The van der Waals surface area contributed by atoms with E-state index in [1.54, 1.807) is 25.3 Å². The highest BCUT2D eigenvalue weighted by molar-refractivity contribution is 6.28. The Kier molecular flexibility index (Phi) is 4.85. The van der Waals surface area contributed by atoms with Crippen LogP contribution in [-0.2, 0) is 4.79 Å². The van der Waals surface area contributed by atoms with Gasteiger partial charge in [-0.25, -0.2) is 4.98 Å². The number of halogens is 1. The number of hydrogen-bond acceptors (Lipinski definition) is 7. The molecule has 0 saturated heterocycles. The minimum absolute atomic E-state index is 0.0389. The van der Waals surface area contributed by atoms with E-state index in [0.29, 0.717) is 34.2 Å². The first-order chi connectivity index (χ1) is 12.1. The lowest BCUT2D eigenvalue weighted by Crippen LogP contribution is -2.22. The molecule has 2 heterocycles. The van der Waals surface area contributed by atoms with Crippen LogP contribution in [0.3, 0.4) is 0 Å². The molecule has 0 aliphatic carbocycles. The van der Waals surface area contributed by atoms with Crippen molar-refractivity contribution in [2.45, 2.75) is 0 Å². The van der Waals surface area contributed by atoms with Gasteiger partial charge in [0.2, 0.25) is 11.2 Å². The number of nitrogens with zero attached hydrogens (tertiary/aromatic N) is 3. The van der Waals surface area contributed by atoms with Crippen LogP contribution in [0, 0.1) is 0 Å². The number of ether oxygens (including phenoxy) is 2. The van der Waals surface area contributed by atoms with Crippen molar-refractivity contribution in [3.8, 4) is 11.5 Å². The number of aromatic nitrogens is 4. The molecule has 0 radical (unpaired) electrons. The average Bonchev–Trinajstić information content (AvgIpc) is 3.07. The van der Waals surface area contributed by atoms with Crippen molar-refractivity contribution < 1.29 is 14.3 Å². The van der Waals surface area contributed by atoms with E-state index in [1.165, 1.54) is 13.4 Å². The Hall–Kier alpha value is -3.07.